The molecule has 1 aromatic heterocycles. The highest BCUT2D eigenvalue weighted by molar-refractivity contribution is 6.31. The van der Waals surface area contributed by atoms with Gasteiger partial charge < -0.3 is 5.32 Å². The second-order valence-electron chi connectivity index (χ2n) is 2.92. The molecule has 15 heavy (non-hydrogen) atoms. The average molecular weight is 222 g/mol. The highest BCUT2D eigenvalue weighted by atomic mass is 35.5. The Balaban J connectivity index is 2.15. The van der Waals surface area contributed by atoms with Gasteiger partial charge in [0.2, 0.25) is 0 Å². The Morgan fingerprint density at radius 3 is 2.93 bits per heavy atom. The van der Waals surface area contributed by atoms with Gasteiger partial charge in [-0.3, -0.25) is 9.89 Å². The molecule has 0 radical (unpaired) electrons. The molecule has 0 aliphatic heterocycles. The van der Waals surface area contributed by atoms with Crippen LogP contribution in [0, 0.1) is 0 Å². The zero-order valence-electron chi connectivity index (χ0n) is 7.70. The molecule has 4 nitrogen and oxygen atoms in total. The van der Waals surface area contributed by atoms with E-state index in [-0.39, 0.29) is 5.91 Å². The van der Waals surface area contributed by atoms with Gasteiger partial charge in [-0.15, -0.1) is 0 Å². The standard InChI is InChI=1S/C10H8ClN3O/c11-8-3-1-2-7(6-8)10(15)13-9-4-5-12-14-9/h1-6H,(H2,12,13,14,15). The molecule has 0 fully saturated rings. The zero-order chi connectivity index (χ0) is 10.7. The van der Waals surface area contributed by atoms with Crippen molar-refractivity contribution >= 4 is 23.3 Å². The summed E-state index contributed by atoms with van der Waals surface area (Å²) in [6, 6.07) is 8.40. The Morgan fingerprint density at radius 1 is 1.40 bits per heavy atom. The van der Waals surface area contributed by atoms with E-state index >= 15 is 0 Å². The van der Waals surface area contributed by atoms with Crippen LogP contribution < -0.4 is 5.32 Å². The second-order valence-corrected chi connectivity index (χ2v) is 3.36. The SMILES string of the molecule is O=C(Nc1cc[nH]n1)c1cccc(Cl)c1. The Kier molecular flexibility index (Phi) is 2.69. The molecule has 0 bridgehead atoms. The van der Waals surface area contributed by atoms with Gasteiger partial charge in [0.25, 0.3) is 5.91 Å². The number of hydrogen-bond donors (Lipinski definition) is 2. The van der Waals surface area contributed by atoms with Crippen molar-refractivity contribution in [3.63, 3.8) is 0 Å². The summed E-state index contributed by atoms with van der Waals surface area (Å²) in [6.07, 6.45) is 1.63. The smallest absolute Gasteiger partial charge is 0.256 e. The van der Waals surface area contributed by atoms with E-state index in [2.05, 4.69) is 15.5 Å². The van der Waals surface area contributed by atoms with E-state index in [1.165, 1.54) is 0 Å². The molecule has 0 spiro atoms. The molecule has 76 valence electrons. The summed E-state index contributed by atoms with van der Waals surface area (Å²) >= 11 is 5.77. The number of rotatable bonds is 2. The van der Waals surface area contributed by atoms with Crippen LogP contribution in [0.4, 0.5) is 5.82 Å². The fourth-order valence-electron chi connectivity index (χ4n) is 1.15. The molecule has 5 heteroatoms. The molecular formula is C10H8ClN3O. The predicted octanol–water partition coefficient (Wildman–Crippen LogP) is 2.32. The Labute approximate surface area is 91.3 Å². The van der Waals surface area contributed by atoms with Crippen LogP contribution in [0.3, 0.4) is 0 Å². The summed E-state index contributed by atoms with van der Waals surface area (Å²) in [5.74, 6) is 0.254. The number of aromatic amines is 1. The number of nitrogens with one attached hydrogen (secondary N) is 2. The van der Waals surface area contributed by atoms with E-state index in [0.29, 0.717) is 16.4 Å². The minimum atomic E-state index is -0.232. The van der Waals surface area contributed by atoms with E-state index in [0.717, 1.165) is 0 Å². The minimum absolute atomic E-state index is 0.232. The molecule has 0 unspecified atom stereocenters. The maximum Gasteiger partial charge on any atom is 0.256 e. The topological polar surface area (TPSA) is 57.8 Å². The van der Waals surface area contributed by atoms with Gasteiger partial charge in [0, 0.05) is 22.8 Å². The normalized spacial score (nSPS) is 9.93. The number of H-pyrrole nitrogens is 1. The van der Waals surface area contributed by atoms with Crippen molar-refractivity contribution in [2.75, 3.05) is 5.32 Å². The van der Waals surface area contributed by atoms with Crippen LogP contribution >= 0.6 is 11.6 Å². The number of amides is 1. The fourth-order valence-corrected chi connectivity index (χ4v) is 1.34. The van der Waals surface area contributed by atoms with Crippen molar-refractivity contribution in [1.29, 1.82) is 0 Å². The molecule has 0 aliphatic carbocycles. The molecular weight excluding hydrogens is 214 g/mol. The fraction of sp³-hybridized carbons (Fsp3) is 0. The molecule has 1 heterocycles. The van der Waals surface area contributed by atoms with Gasteiger partial charge >= 0.3 is 0 Å². The van der Waals surface area contributed by atoms with Crippen molar-refractivity contribution in [1.82, 2.24) is 10.2 Å². The van der Waals surface area contributed by atoms with E-state index in [4.69, 9.17) is 11.6 Å². The summed E-state index contributed by atoms with van der Waals surface area (Å²) in [5.41, 5.74) is 0.505. The predicted molar refractivity (Wildman–Crippen MR) is 58.0 cm³/mol. The molecule has 0 atom stereocenters. The lowest BCUT2D eigenvalue weighted by Crippen LogP contribution is -2.11. The summed E-state index contributed by atoms with van der Waals surface area (Å²) < 4.78 is 0. The number of hydrogen-bond acceptors (Lipinski definition) is 2. The minimum Gasteiger partial charge on any atom is -0.305 e. The zero-order valence-corrected chi connectivity index (χ0v) is 8.45. The lowest BCUT2D eigenvalue weighted by molar-refractivity contribution is 0.102. The van der Waals surface area contributed by atoms with Crippen LogP contribution in [0.25, 0.3) is 0 Å². The van der Waals surface area contributed by atoms with Crippen molar-refractivity contribution in [2.45, 2.75) is 0 Å². The highest BCUT2D eigenvalue weighted by Crippen LogP contribution is 2.12. The maximum atomic E-state index is 11.6. The van der Waals surface area contributed by atoms with Crippen LogP contribution in [0.1, 0.15) is 10.4 Å². The number of nitrogens with zero attached hydrogens (tertiary/aromatic N) is 1. The third-order valence-corrected chi connectivity index (χ3v) is 2.06. The van der Waals surface area contributed by atoms with E-state index in [1.54, 1.807) is 36.5 Å². The number of carbonyl (C=O) groups is 1. The number of carbonyl (C=O) groups excluding carboxylic acids is 1. The quantitative estimate of drug-likeness (QED) is 0.818. The van der Waals surface area contributed by atoms with Crippen molar-refractivity contribution in [3.8, 4) is 0 Å². The summed E-state index contributed by atoms with van der Waals surface area (Å²) in [6.45, 7) is 0. The number of halogens is 1. The first-order valence-electron chi connectivity index (χ1n) is 4.32. The lowest BCUT2D eigenvalue weighted by atomic mass is 10.2. The Hall–Kier alpha value is -1.81. The highest BCUT2D eigenvalue weighted by Gasteiger charge is 2.06. The largest absolute Gasteiger partial charge is 0.305 e. The molecule has 1 amide bonds. The monoisotopic (exact) mass is 221 g/mol. The van der Waals surface area contributed by atoms with E-state index < -0.39 is 0 Å². The van der Waals surface area contributed by atoms with Crippen molar-refractivity contribution in [2.24, 2.45) is 0 Å². The van der Waals surface area contributed by atoms with Crippen LogP contribution in [0.2, 0.25) is 5.02 Å². The first-order valence-corrected chi connectivity index (χ1v) is 4.70. The molecule has 1 aromatic carbocycles. The molecule has 2 aromatic rings. The van der Waals surface area contributed by atoms with Crippen LogP contribution in [-0.2, 0) is 0 Å². The van der Waals surface area contributed by atoms with Gasteiger partial charge in [-0.05, 0) is 18.2 Å². The number of benzene rings is 1. The maximum absolute atomic E-state index is 11.6. The first-order chi connectivity index (χ1) is 7.25. The average Bonchev–Trinajstić information content (AvgIpc) is 2.70. The first kappa shape index (κ1) is 9.73. The van der Waals surface area contributed by atoms with Gasteiger partial charge in [-0.25, -0.2) is 0 Å². The second kappa shape index (κ2) is 4.14. The molecule has 0 aliphatic rings. The van der Waals surface area contributed by atoms with E-state index in [9.17, 15) is 4.79 Å². The Bertz CT molecular complexity index is 467. The molecule has 0 saturated carbocycles. The van der Waals surface area contributed by atoms with Crippen molar-refractivity contribution < 1.29 is 4.79 Å². The van der Waals surface area contributed by atoms with Crippen LogP contribution in [-0.4, -0.2) is 16.1 Å². The van der Waals surface area contributed by atoms with Gasteiger partial charge in [0.1, 0.15) is 0 Å². The van der Waals surface area contributed by atoms with Gasteiger partial charge in [-0.1, -0.05) is 17.7 Å². The molecule has 2 N–H and O–H groups in total. The van der Waals surface area contributed by atoms with Crippen LogP contribution in [0.5, 0.6) is 0 Å². The summed E-state index contributed by atoms with van der Waals surface area (Å²) in [7, 11) is 0. The Morgan fingerprint density at radius 2 is 2.27 bits per heavy atom. The summed E-state index contributed by atoms with van der Waals surface area (Å²) in [4.78, 5) is 11.6. The number of anilines is 1. The van der Waals surface area contributed by atoms with Gasteiger partial charge in [0.15, 0.2) is 5.82 Å². The lowest BCUT2D eigenvalue weighted by Gasteiger charge is -2.01. The number of aromatic nitrogens is 2. The van der Waals surface area contributed by atoms with Crippen LogP contribution in [0.15, 0.2) is 36.5 Å². The molecule has 0 saturated heterocycles. The third-order valence-electron chi connectivity index (χ3n) is 1.83. The van der Waals surface area contributed by atoms with E-state index in [1.807, 2.05) is 0 Å². The van der Waals surface area contributed by atoms with Gasteiger partial charge in [0.05, 0.1) is 0 Å². The van der Waals surface area contributed by atoms with Gasteiger partial charge in [-0.2, -0.15) is 5.10 Å². The third kappa shape index (κ3) is 2.35. The molecule has 2 rings (SSSR count). The summed E-state index contributed by atoms with van der Waals surface area (Å²) in [5, 5.41) is 9.58. The van der Waals surface area contributed by atoms with Crippen molar-refractivity contribution in [3.05, 3.63) is 47.1 Å².